The van der Waals surface area contributed by atoms with Crippen LogP contribution < -0.4 is 0 Å². The summed E-state index contributed by atoms with van der Waals surface area (Å²) in [7, 11) is 0. The number of hydrogen-bond acceptors (Lipinski definition) is 3. The van der Waals surface area contributed by atoms with Gasteiger partial charge in [0, 0.05) is 16.2 Å². The van der Waals surface area contributed by atoms with Crippen molar-refractivity contribution in [1.29, 1.82) is 0 Å². The van der Waals surface area contributed by atoms with E-state index in [0.717, 1.165) is 11.3 Å². The third-order valence-electron chi connectivity index (χ3n) is 2.18. The molecule has 0 saturated carbocycles. The van der Waals surface area contributed by atoms with Crippen molar-refractivity contribution in [2.75, 3.05) is 0 Å². The molecule has 0 fully saturated rings. The molecule has 0 unspecified atom stereocenters. The molecule has 0 amide bonds. The minimum atomic E-state index is -0.427. The Kier molecular flexibility index (Phi) is 2.56. The monoisotopic (exact) mass is 270 g/mol. The quantitative estimate of drug-likeness (QED) is 0.799. The molecule has 0 aromatic carbocycles. The molecule has 3 nitrogen and oxygen atoms in total. The van der Waals surface area contributed by atoms with Gasteiger partial charge < -0.3 is 4.52 Å². The zero-order valence-corrected chi connectivity index (χ0v) is 9.80. The van der Waals surface area contributed by atoms with E-state index in [-0.39, 0.29) is 5.69 Å². The second-order valence-corrected chi connectivity index (χ2v) is 4.12. The lowest BCUT2D eigenvalue weighted by atomic mass is 10.1. The minimum absolute atomic E-state index is 0.191. The van der Waals surface area contributed by atoms with Gasteiger partial charge in [0.05, 0.1) is 5.69 Å². The first-order valence-corrected chi connectivity index (χ1v) is 5.13. The van der Waals surface area contributed by atoms with Gasteiger partial charge in [-0.3, -0.25) is 0 Å². The van der Waals surface area contributed by atoms with Crippen molar-refractivity contribution in [3.8, 4) is 11.5 Å². The molecule has 0 N–H and O–H groups in total. The van der Waals surface area contributed by atoms with Gasteiger partial charge in [-0.15, -0.1) is 0 Å². The van der Waals surface area contributed by atoms with Crippen molar-refractivity contribution in [3.63, 3.8) is 0 Å². The first kappa shape index (κ1) is 10.3. The molecule has 78 valence electrons. The SMILES string of the molecule is Cc1noc(-c2ncc(Br)cc2F)c1C. The van der Waals surface area contributed by atoms with Crippen molar-refractivity contribution < 1.29 is 8.91 Å². The zero-order valence-electron chi connectivity index (χ0n) is 8.21. The second kappa shape index (κ2) is 3.73. The Morgan fingerprint density at radius 1 is 1.40 bits per heavy atom. The lowest BCUT2D eigenvalue weighted by Gasteiger charge is -1.99. The van der Waals surface area contributed by atoms with Crippen molar-refractivity contribution in [2.24, 2.45) is 0 Å². The largest absolute Gasteiger partial charge is 0.354 e. The fourth-order valence-corrected chi connectivity index (χ4v) is 1.52. The molecule has 2 rings (SSSR count). The van der Waals surface area contributed by atoms with Crippen LogP contribution in [-0.4, -0.2) is 10.1 Å². The summed E-state index contributed by atoms with van der Waals surface area (Å²) < 4.78 is 19.2. The van der Waals surface area contributed by atoms with Gasteiger partial charge in [0.2, 0.25) is 0 Å². The molecule has 0 aliphatic carbocycles. The summed E-state index contributed by atoms with van der Waals surface area (Å²) in [6, 6.07) is 1.35. The summed E-state index contributed by atoms with van der Waals surface area (Å²) in [5.74, 6) is -0.0406. The highest BCUT2D eigenvalue weighted by atomic mass is 79.9. The Morgan fingerprint density at radius 3 is 2.67 bits per heavy atom. The third kappa shape index (κ3) is 1.79. The summed E-state index contributed by atoms with van der Waals surface area (Å²) >= 11 is 3.14. The highest BCUT2D eigenvalue weighted by Gasteiger charge is 2.16. The highest BCUT2D eigenvalue weighted by molar-refractivity contribution is 9.10. The average molecular weight is 271 g/mol. The first-order chi connectivity index (χ1) is 7.09. The van der Waals surface area contributed by atoms with Crippen LogP contribution in [0.15, 0.2) is 21.3 Å². The minimum Gasteiger partial charge on any atom is -0.354 e. The van der Waals surface area contributed by atoms with Gasteiger partial charge in [0.1, 0.15) is 5.69 Å². The van der Waals surface area contributed by atoms with E-state index in [2.05, 4.69) is 26.1 Å². The predicted molar refractivity (Wildman–Crippen MR) is 56.9 cm³/mol. The van der Waals surface area contributed by atoms with E-state index >= 15 is 0 Å². The Labute approximate surface area is 94.4 Å². The summed E-state index contributed by atoms with van der Waals surface area (Å²) in [6.45, 7) is 3.63. The Balaban J connectivity index is 2.59. The lowest BCUT2D eigenvalue weighted by molar-refractivity contribution is 0.423. The first-order valence-electron chi connectivity index (χ1n) is 4.34. The molecule has 0 saturated heterocycles. The zero-order chi connectivity index (χ0) is 11.0. The summed E-state index contributed by atoms with van der Waals surface area (Å²) in [6.07, 6.45) is 1.52. The Hall–Kier alpha value is -1.23. The van der Waals surface area contributed by atoms with Crippen LogP contribution in [0.5, 0.6) is 0 Å². The van der Waals surface area contributed by atoms with Crippen LogP contribution in [-0.2, 0) is 0 Å². The van der Waals surface area contributed by atoms with E-state index < -0.39 is 5.82 Å². The van der Waals surface area contributed by atoms with Crippen molar-refractivity contribution >= 4 is 15.9 Å². The molecule has 15 heavy (non-hydrogen) atoms. The molecule has 0 atom stereocenters. The Bertz CT molecular complexity index is 510. The van der Waals surface area contributed by atoms with E-state index in [4.69, 9.17) is 4.52 Å². The predicted octanol–water partition coefficient (Wildman–Crippen LogP) is 3.26. The van der Waals surface area contributed by atoms with Gasteiger partial charge in [-0.2, -0.15) is 0 Å². The van der Waals surface area contributed by atoms with E-state index in [0.29, 0.717) is 10.2 Å². The smallest absolute Gasteiger partial charge is 0.191 e. The van der Waals surface area contributed by atoms with E-state index in [9.17, 15) is 4.39 Å². The normalized spacial score (nSPS) is 10.7. The Morgan fingerprint density at radius 2 is 2.13 bits per heavy atom. The van der Waals surface area contributed by atoms with Crippen LogP contribution >= 0.6 is 15.9 Å². The molecular weight excluding hydrogens is 263 g/mol. The fraction of sp³-hybridized carbons (Fsp3) is 0.200. The number of hydrogen-bond donors (Lipinski definition) is 0. The van der Waals surface area contributed by atoms with Crippen LogP contribution in [0.3, 0.4) is 0 Å². The molecule has 0 radical (unpaired) electrons. The van der Waals surface area contributed by atoms with Crippen molar-refractivity contribution in [3.05, 3.63) is 33.8 Å². The number of halogens is 2. The van der Waals surface area contributed by atoms with Crippen LogP contribution in [0.1, 0.15) is 11.3 Å². The van der Waals surface area contributed by atoms with Crippen LogP contribution in [0.2, 0.25) is 0 Å². The van der Waals surface area contributed by atoms with E-state index in [1.807, 2.05) is 6.92 Å². The summed E-state index contributed by atoms with van der Waals surface area (Å²) in [4.78, 5) is 3.97. The molecule has 0 bridgehead atoms. The highest BCUT2D eigenvalue weighted by Crippen LogP contribution is 2.27. The molecule has 2 aromatic heterocycles. The number of aryl methyl sites for hydroxylation is 1. The average Bonchev–Trinajstić information content (AvgIpc) is 2.49. The van der Waals surface area contributed by atoms with E-state index in [1.54, 1.807) is 6.92 Å². The second-order valence-electron chi connectivity index (χ2n) is 3.21. The number of rotatable bonds is 1. The maximum absolute atomic E-state index is 13.5. The number of pyridine rings is 1. The van der Waals surface area contributed by atoms with Crippen molar-refractivity contribution in [1.82, 2.24) is 10.1 Å². The van der Waals surface area contributed by atoms with Gasteiger partial charge in [-0.05, 0) is 35.8 Å². The summed E-state index contributed by atoms with van der Waals surface area (Å²) in [5, 5.41) is 3.76. The van der Waals surface area contributed by atoms with Gasteiger partial charge in [-0.25, -0.2) is 9.37 Å². The van der Waals surface area contributed by atoms with Gasteiger partial charge in [0.15, 0.2) is 11.6 Å². The standard InChI is InChI=1S/C10H8BrFN2O/c1-5-6(2)14-15-10(5)9-8(12)3-7(11)4-13-9/h3-4H,1-2H3. The van der Waals surface area contributed by atoms with Gasteiger partial charge in [0.25, 0.3) is 0 Å². The topological polar surface area (TPSA) is 38.9 Å². The van der Waals surface area contributed by atoms with Crippen LogP contribution in [0, 0.1) is 19.7 Å². The maximum Gasteiger partial charge on any atom is 0.191 e. The third-order valence-corrected chi connectivity index (χ3v) is 2.61. The maximum atomic E-state index is 13.5. The lowest BCUT2D eigenvalue weighted by Crippen LogP contribution is -1.89. The van der Waals surface area contributed by atoms with Crippen molar-refractivity contribution in [2.45, 2.75) is 13.8 Å². The molecule has 2 heterocycles. The number of aromatic nitrogens is 2. The molecule has 0 aliphatic rings. The van der Waals surface area contributed by atoms with Crippen LogP contribution in [0.4, 0.5) is 4.39 Å². The van der Waals surface area contributed by atoms with E-state index in [1.165, 1.54) is 12.3 Å². The van der Waals surface area contributed by atoms with Crippen LogP contribution in [0.25, 0.3) is 11.5 Å². The fourth-order valence-electron chi connectivity index (χ4n) is 1.22. The van der Waals surface area contributed by atoms with Gasteiger partial charge in [-0.1, -0.05) is 5.16 Å². The molecular formula is C10H8BrFN2O. The van der Waals surface area contributed by atoms with Gasteiger partial charge >= 0.3 is 0 Å². The molecule has 0 spiro atoms. The molecule has 5 heteroatoms. The molecule has 0 aliphatic heterocycles. The molecule has 2 aromatic rings. The summed E-state index contributed by atoms with van der Waals surface area (Å²) in [5.41, 5.74) is 1.74. The number of nitrogens with zero attached hydrogens (tertiary/aromatic N) is 2.